The number of carbonyl (C=O) groups is 1. The maximum atomic E-state index is 10.4. The van der Waals surface area contributed by atoms with E-state index in [1.54, 1.807) is 0 Å². The Morgan fingerprint density at radius 3 is 2.93 bits per heavy atom. The Bertz CT molecular complexity index is 220. The average Bonchev–Trinajstić information content (AvgIpc) is 2.17. The van der Waals surface area contributed by atoms with Gasteiger partial charge in [0.15, 0.2) is 0 Å². The number of ether oxygens (including phenoxy) is 1. The Morgan fingerprint density at radius 2 is 2.40 bits per heavy atom. The minimum Gasteiger partial charge on any atom is -0.481 e. The highest BCUT2D eigenvalue weighted by molar-refractivity contribution is 5.66. The van der Waals surface area contributed by atoms with Gasteiger partial charge in [-0.25, -0.2) is 0 Å². The van der Waals surface area contributed by atoms with Gasteiger partial charge in [0.2, 0.25) is 0 Å². The van der Waals surface area contributed by atoms with E-state index in [9.17, 15) is 4.79 Å². The Hall–Kier alpha value is -0.610. The van der Waals surface area contributed by atoms with E-state index in [1.165, 1.54) is 6.42 Å². The summed E-state index contributed by atoms with van der Waals surface area (Å²) in [5, 5.41) is 8.54. The van der Waals surface area contributed by atoms with Crippen LogP contribution in [0.3, 0.4) is 0 Å². The quantitative estimate of drug-likeness (QED) is 0.726. The smallest absolute Gasteiger partial charge is 0.305 e. The van der Waals surface area contributed by atoms with Crippen LogP contribution in [-0.4, -0.2) is 29.8 Å². The topological polar surface area (TPSA) is 72.5 Å². The highest BCUT2D eigenvalue weighted by atomic mass is 16.5. The van der Waals surface area contributed by atoms with Crippen molar-refractivity contribution in [1.29, 1.82) is 0 Å². The summed E-state index contributed by atoms with van der Waals surface area (Å²) in [4.78, 5) is 10.4. The summed E-state index contributed by atoms with van der Waals surface area (Å²) in [6.45, 7) is 2.97. The van der Waals surface area contributed by atoms with Crippen molar-refractivity contribution >= 4 is 5.97 Å². The number of hydrogen-bond donors (Lipinski definition) is 2. The van der Waals surface area contributed by atoms with Crippen molar-refractivity contribution in [3.63, 3.8) is 0 Å². The van der Waals surface area contributed by atoms with E-state index < -0.39 is 5.97 Å². The van der Waals surface area contributed by atoms with Crippen LogP contribution in [0.1, 0.15) is 39.0 Å². The van der Waals surface area contributed by atoms with Gasteiger partial charge in [0.05, 0.1) is 18.6 Å². The molecule has 0 aromatic carbocycles. The van der Waals surface area contributed by atoms with E-state index in [4.69, 9.17) is 15.6 Å². The van der Waals surface area contributed by atoms with Crippen molar-refractivity contribution in [2.75, 3.05) is 13.2 Å². The fourth-order valence-electron chi connectivity index (χ4n) is 2.34. The summed E-state index contributed by atoms with van der Waals surface area (Å²) in [6, 6.07) is 0. The van der Waals surface area contributed by atoms with E-state index in [0.717, 1.165) is 19.3 Å². The van der Waals surface area contributed by atoms with E-state index in [1.807, 2.05) is 0 Å². The van der Waals surface area contributed by atoms with Crippen LogP contribution in [0.4, 0.5) is 0 Å². The van der Waals surface area contributed by atoms with Crippen molar-refractivity contribution in [3.8, 4) is 0 Å². The molecule has 0 bridgehead atoms. The highest BCUT2D eigenvalue weighted by Gasteiger charge is 2.34. The second-order valence-electron chi connectivity index (χ2n) is 4.58. The first-order valence-corrected chi connectivity index (χ1v) is 5.64. The maximum Gasteiger partial charge on any atom is 0.305 e. The third-order valence-electron chi connectivity index (χ3n) is 3.15. The van der Waals surface area contributed by atoms with Crippen molar-refractivity contribution < 1.29 is 14.6 Å². The normalized spacial score (nSPS) is 31.5. The first-order chi connectivity index (χ1) is 7.08. The van der Waals surface area contributed by atoms with Crippen molar-refractivity contribution in [3.05, 3.63) is 0 Å². The molecule has 0 saturated heterocycles. The Morgan fingerprint density at radius 1 is 1.67 bits per heavy atom. The molecule has 88 valence electrons. The summed E-state index contributed by atoms with van der Waals surface area (Å²) in [5.41, 5.74) is 5.49. The van der Waals surface area contributed by atoms with Crippen LogP contribution in [0.25, 0.3) is 0 Å². The lowest BCUT2D eigenvalue weighted by atomic mass is 9.79. The van der Waals surface area contributed by atoms with Gasteiger partial charge in [0.25, 0.3) is 0 Å². The fraction of sp³-hybridized carbons (Fsp3) is 0.909. The number of carboxylic acid groups (broad SMARTS) is 1. The van der Waals surface area contributed by atoms with E-state index in [2.05, 4.69) is 6.92 Å². The summed E-state index contributed by atoms with van der Waals surface area (Å²) in [5.74, 6) is -0.182. The number of hydrogen-bond acceptors (Lipinski definition) is 3. The van der Waals surface area contributed by atoms with Gasteiger partial charge >= 0.3 is 5.97 Å². The summed E-state index contributed by atoms with van der Waals surface area (Å²) in [6.07, 6.45) is 4.35. The predicted octanol–water partition coefficient (Wildman–Crippen LogP) is 1.39. The van der Waals surface area contributed by atoms with Crippen LogP contribution < -0.4 is 5.73 Å². The molecule has 0 aromatic rings. The summed E-state index contributed by atoms with van der Waals surface area (Å²) < 4.78 is 5.70. The molecule has 0 aromatic heterocycles. The van der Waals surface area contributed by atoms with Crippen LogP contribution >= 0.6 is 0 Å². The molecule has 0 spiro atoms. The lowest BCUT2D eigenvalue weighted by Crippen LogP contribution is -2.44. The molecule has 0 aliphatic heterocycles. The molecule has 1 aliphatic carbocycles. The van der Waals surface area contributed by atoms with E-state index in [-0.39, 0.29) is 18.6 Å². The molecule has 1 saturated carbocycles. The van der Waals surface area contributed by atoms with Crippen molar-refractivity contribution in [2.24, 2.45) is 11.7 Å². The zero-order valence-corrected chi connectivity index (χ0v) is 9.37. The lowest BCUT2D eigenvalue weighted by Gasteiger charge is -2.39. The van der Waals surface area contributed by atoms with Crippen LogP contribution in [0.15, 0.2) is 0 Å². The standard InChI is InChI=1S/C11H21NO3/c1-9-3-2-5-11(7-9,8-12)15-6-4-10(13)14/h9H,2-8,12H2,1H3,(H,13,14). The minimum absolute atomic E-state index is 0.0656. The lowest BCUT2D eigenvalue weighted by molar-refractivity contribution is -0.141. The second-order valence-corrected chi connectivity index (χ2v) is 4.58. The van der Waals surface area contributed by atoms with Gasteiger partial charge in [-0.15, -0.1) is 0 Å². The number of carboxylic acids is 1. The third-order valence-corrected chi connectivity index (χ3v) is 3.15. The van der Waals surface area contributed by atoms with Crippen molar-refractivity contribution in [1.82, 2.24) is 0 Å². The van der Waals surface area contributed by atoms with E-state index in [0.29, 0.717) is 12.5 Å². The first kappa shape index (κ1) is 12.5. The van der Waals surface area contributed by atoms with Gasteiger partial charge in [0, 0.05) is 6.54 Å². The SMILES string of the molecule is CC1CCCC(CN)(OCCC(=O)O)C1. The van der Waals surface area contributed by atoms with Gasteiger partial charge in [-0.05, 0) is 18.8 Å². The van der Waals surface area contributed by atoms with Crippen LogP contribution in [0.2, 0.25) is 0 Å². The van der Waals surface area contributed by atoms with Crippen LogP contribution in [-0.2, 0) is 9.53 Å². The first-order valence-electron chi connectivity index (χ1n) is 5.64. The minimum atomic E-state index is -0.814. The molecule has 0 heterocycles. The molecule has 4 heteroatoms. The number of rotatable bonds is 5. The number of aliphatic carboxylic acids is 1. The molecule has 1 rings (SSSR count). The molecule has 2 unspecified atom stereocenters. The molecular formula is C11H21NO3. The molecule has 1 aliphatic rings. The Balaban J connectivity index is 2.41. The maximum absolute atomic E-state index is 10.4. The molecule has 0 radical (unpaired) electrons. The largest absolute Gasteiger partial charge is 0.481 e. The highest BCUT2D eigenvalue weighted by Crippen LogP contribution is 2.34. The molecule has 15 heavy (non-hydrogen) atoms. The molecule has 4 nitrogen and oxygen atoms in total. The van der Waals surface area contributed by atoms with Crippen LogP contribution in [0.5, 0.6) is 0 Å². The number of nitrogens with two attached hydrogens (primary N) is 1. The molecule has 3 N–H and O–H groups in total. The summed E-state index contributed by atoms with van der Waals surface area (Å²) >= 11 is 0. The average molecular weight is 215 g/mol. The Kier molecular flexibility index (Phi) is 4.54. The molecule has 1 fully saturated rings. The zero-order chi connectivity index (χ0) is 11.3. The van der Waals surface area contributed by atoms with Crippen molar-refractivity contribution in [2.45, 2.75) is 44.6 Å². The third kappa shape index (κ3) is 3.80. The molecule has 0 amide bonds. The van der Waals surface area contributed by atoms with Gasteiger partial charge < -0.3 is 15.6 Å². The zero-order valence-electron chi connectivity index (χ0n) is 9.37. The van der Waals surface area contributed by atoms with Gasteiger partial charge in [-0.3, -0.25) is 4.79 Å². The van der Waals surface area contributed by atoms with E-state index >= 15 is 0 Å². The molecule has 2 atom stereocenters. The molecular weight excluding hydrogens is 194 g/mol. The summed E-state index contributed by atoms with van der Waals surface area (Å²) in [7, 11) is 0. The fourth-order valence-corrected chi connectivity index (χ4v) is 2.34. The van der Waals surface area contributed by atoms with Crippen LogP contribution in [0, 0.1) is 5.92 Å². The Labute approximate surface area is 90.8 Å². The van der Waals surface area contributed by atoms with Gasteiger partial charge in [0.1, 0.15) is 0 Å². The van der Waals surface area contributed by atoms with Gasteiger partial charge in [-0.1, -0.05) is 19.8 Å². The monoisotopic (exact) mass is 215 g/mol. The second kappa shape index (κ2) is 5.47. The van der Waals surface area contributed by atoms with Gasteiger partial charge in [-0.2, -0.15) is 0 Å². The predicted molar refractivity (Wildman–Crippen MR) is 57.6 cm³/mol.